The summed E-state index contributed by atoms with van der Waals surface area (Å²) in [4.78, 5) is 12.4. The van der Waals surface area contributed by atoms with Crippen molar-refractivity contribution >= 4 is 6.03 Å². The van der Waals surface area contributed by atoms with Gasteiger partial charge in [-0.2, -0.15) is 0 Å². The molecule has 3 N–H and O–H groups in total. The quantitative estimate of drug-likeness (QED) is 0.780. The zero-order valence-corrected chi connectivity index (χ0v) is 13.9. The molecule has 2 aliphatic rings. The monoisotopic (exact) mass is 316 g/mol. The van der Waals surface area contributed by atoms with Gasteiger partial charge in [-0.05, 0) is 68.4 Å². The normalized spacial score (nSPS) is 25.7. The highest BCUT2D eigenvalue weighted by molar-refractivity contribution is 5.75. The second-order valence-corrected chi connectivity index (χ2v) is 7.19. The second-order valence-electron chi connectivity index (χ2n) is 7.19. The molecule has 0 aliphatic heterocycles. The van der Waals surface area contributed by atoms with E-state index in [4.69, 9.17) is 0 Å². The van der Waals surface area contributed by atoms with Gasteiger partial charge in [0.1, 0.15) is 0 Å². The standard InChI is InChI=1S/C19H28N2O2/c1-13-4-2-3-5-17(13)18(15-8-9-15)21-19(23)20-16-10-6-14(12-22)7-11-16/h2-5,14-16,18,22H,6-12H2,1H3,(H2,20,21,23)/t14?,16?,18-/m1/s1. The van der Waals surface area contributed by atoms with Crippen molar-refractivity contribution in [3.8, 4) is 0 Å². The lowest BCUT2D eigenvalue weighted by atomic mass is 9.86. The van der Waals surface area contributed by atoms with E-state index in [0.717, 1.165) is 25.7 Å². The fraction of sp³-hybridized carbons (Fsp3) is 0.632. The Morgan fingerprint density at radius 3 is 2.48 bits per heavy atom. The number of hydrogen-bond donors (Lipinski definition) is 3. The second kappa shape index (κ2) is 7.35. The fourth-order valence-electron chi connectivity index (χ4n) is 3.67. The third kappa shape index (κ3) is 4.25. The molecule has 2 saturated carbocycles. The molecule has 1 aromatic carbocycles. The summed E-state index contributed by atoms with van der Waals surface area (Å²) in [7, 11) is 0. The van der Waals surface area contributed by atoms with Crippen LogP contribution in [0.5, 0.6) is 0 Å². The largest absolute Gasteiger partial charge is 0.396 e. The number of aliphatic hydroxyl groups is 1. The first kappa shape index (κ1) is 16.3. The summed E-state index contributed by atoms with van der Waals surface area (Å²) in [5.74, 6) is 0.995. The minimum absolute atomic E-state index is 0.0439. The molecule has 126 valence electrons. The summed E-state index contributed by atoms with van der Waals surface area (Å²) >= 11 is 0. The van der Waals surface area contributed by atoms with Crippen molar-refractivity contribution in [2.75, 3.05) is 6.61 Å². The Kier molecular flexibility index (Phi) is 5.21. The number of aryl methyl sites for hydroxylation is 1. The van der Waals surface area contributed by atoms with Gasteiger partial charge in [-0.3, -0.25) is 0 Å². The Morgan fingerprint density at radius 2 is 1.87 bits per heavy atom. The molecule has 0 heterocycles. The number of hydrogen-bond acceptors (Lipinski definition) is 2. The van der Waals surface area contributed by atoms with E-state index in [2.05, 4.69) is 29.7 Å². The lowest BCUT2D eigenvalue weighted by Gasteiger charge is -2.29. The van der Waals surface area contributed by atoms with Crippen molar-refractivity contribution in [3.63, 3.8) is 0 Å². The van der Waals surface area contributed by atoms with E-state index in [9.17, 15) is 9.90 Å². The number of rotatable bonds is 5. The molecule has 23 heavy (non-hydrogen) atoms. The van der Waals surface area contributed by atoms with E-state index in [1.165, 1.54) is 24.0 Å². The van der Waals surface area contributed by atoms with Crippen molar-refractivity contribution < 1.29 is 9.90 Å². The molecule has 2 amide bonds. The highest BCUT2D eigenvalue weighted by atomic mass is 16.3. The van der Waals surface area contributed by atoms with Crippen LogP contribution in [0.4, 0.5) is 4.79 Å². The van der Waals surface area contributed by atoms with E-state index in [1.807, 2.05) is 12.1 Å². The third-order valence-corrected chi connectivity index (χ3v) is 5.34. The van der Waals surface area contributed by atoms with Crippen LogP contribution in [0, 0.1) is 18.8 Å². The zero-order valence-electron chi connectivity index (χ0n) is 13.9. The molecule has 4 nitrogen and oxygen atoms in total. The van der Waals surface area contributed by atoms with Crippen LogP contribution in [0.2, 0.25) is 0 Å². The number of urea groups is 1. The Morgan fingerprint density at radius 1 is 1.17 bits per heavy atom. The van der Waals surface area contributed by atoms with Crippen molar-refractivity contribution in [2.24, 2.45) is 11.8 Å². The van der Waals surface area contributed by atoms with E-state index < -0.39 is 0 Å². The molecule has 0 radical (unpaired) electrons. The number of benzene rings is 1. The summed E-state index contributed by atoms with van der Waals surface area (Å²) in [6, 6.07) is 8.67. The summed E-state index contributed by atoms with van der Waals surface area (Å²) in [5.41, 5.74) is 2.49. The van der Waals surface area contributed by atoms with Crippen molar-refractivity contribution in [2.45, 2.75) is 57.5 Å². The van der Waals surface area contributed by atoms with Gasteiger partial charge in [-0.25, -0.2) is 4.79 Å². The van der Waals surface area contributed by atoms with Gasteiger partial charge in [0.15, 0.2) is 0 Å². The summed E-state index contributed by atoms with van der Waals surface area (Å²) in [6.07, 6.45) is 6.34. The number of carbonyl (C=O) groups is 1. The van der Waals surface area contributed by atoms with Crippen LogP contribution in [0.1, 0.15) is 55.7 Å². The smallest absolute Gasteiger partial charge is 0.315 e. The van der Waals surface area contributed by atoms with E-state index >= 15 is 0 Å². The lowest BCUT2D eigenvalue weighted by molar-refractivity contribution is 0.174. The molecule has 0 spiro atoms. The molecule has 1 aromatic rings. The minimum atomic E-state index is -0.0439. The lowest BCUT2D eigenvalue weighted by Crippen LogP contribution is -2.45. The highest BCUT2D eigenvalue weighted by Crippen LogP contribution is 2.41. The van der Waals surface area contributed by atoms with E-state index in [1.54, 1.807) is 0 Å². The Hall–Kier alpha value is -1.55. The van der Waals surface area contributed by atoms with Gasteiger partial charge >= 0.3 is 6.03 Å². The van der Waals surface area contributed by atoms with Gasteiger partial charge in [-0.1, -0.05) is 24.3 Å². The van der Waals surface area contributed by atoms with Crippen LogP contribution in [0.15, 0.2) is 24.3 Å². The Balaban J connectivity index is 1.56. The fourth-order valence-corrected chi connectivity index (χ4v) is 3.67. The van der Waals surface area contributed by atoms with E-state index in [-0.39, 0.29) is 24.7 Å². The third-order valence-electron chi connectivity index (χ3n) is 5.34. The molecule has 2 fully saturated rings. The molecule has 0 bridgehead atoms. The Bertz CT molecular complexity index is 534. The van der Waals surface area contributed by atoms with Crippen LogP contribution in [-0.4, -0.2) is 23.8 Å². The summed E-state index contributed by atoms with van der Waals surface area (Å²) in [5, 5.41) is 15.5. The first-order chi connectivity index (χ1) is 11.2. The molecule has 1 atom stereocenters. The van der Waals surface area contributed by atoms with Crippen molar-refractivity contribution in [1.82, 2.24) is 10.6 Å². The molecular weight excluding hydrogens is 288 g/mol. The summed E-state index contributed by atoms with van der Waals surface area (Å²) in [6.45, 7) is 2.39. The van der Waals surface area contributed by atoms with Gasteiger partial charge in [0.2, 0.25) is 0 Å². The Labute approximate surface area is 138 Å². The maximum absolute atomic E-state index is 12.4. The zero-order chi connectivity index (χ0) is 16.2. The molecule has 4 heteroatoms. The van der Waals surface area contributed by atoms with Crippen LogP contribution in [-0.2, 0) is 0 Å². The molecule has 3 rings (SSSR count). The van der Waals surface area contributed by atoms with Crippen molar-refractivity contribution in [1.29, 1.82) is 0 Å². The number of carbonyl (C=O) groups excluding carboxylic acids is 1. The van der Waals surface area contributed by atoms with E-state index in [0.29, 0.717) is 11.8 Å². The molecule has 0 aromatic heterocycles. The van der Waals surface area contributed by atoms with Gasteiger partial charge in [0, 0.05) is 12.6 Å². The van der Waals surface area contributed by atoms with Crippen LogP contribution >= 0.6 is 0 Å². The molecule has 2 aliphatic carbocycles. The van der Waals surface area contributed by atoms with Gasteiger partial charge < -0.3 is 15.7 Å². The predicted molar refractivity (Wildman–Crippen MR) is 91.1 cm³/mol. The van der Waals surface area contributed by atoms with Crippen molar-refractivity contribution in [3.05, 3.63) is 35.4 Å². The number of nitrogens with one attached hydrogen (secondary N) is 2. The average molecular weight is 316 g/mol. The minimum Gasteiger partial charge on any atom is -0.396 e. The van der Waals surface area contributed by atoms with Gasteiger partial charge in [0.05, 0.1) is 6.04 Å². The predicted octanol–water partition coefficient (Wildman–Crippen LogP) is 3.30. The summed E-state index contributed by atoms with van der Waals surface area (Å²) < 4.78 is 0. The van der Waals surface area contributed by atoms with Crippen LogP contribution in [0.3, 0.4) is 0 Å². The topological polar surface area (TPSA) is 61.4 Å². The average Bonchev–Trinajstić information content (AvgIpc) is 3.39. The first-order valence-corrected chi connectivity index (χ1v) is 8.90. The molecule has 0 saturated heterocycles. The molecular formula is C19H28N2O2. The molecule has 0 unspecified atom stereocenters. The van der Waals surface area contributed by atoms with Crippen LogP contribution < -0.4 is 10.6 Å². The maximum Gasteiger partial charge on any atom is 0.315 e. The maximum atomic E-state index is 12.4. The highest BCUT2D eigenvalue weighted by Gasteiger charge is 2.34. The number of aliphatic hydroxyl groups excluding tert-OH is 1. The first-order valence-electron chi connectivity index (χ1n) is 8.90. The number of amides is 2. The SMILES string of the molecule is Cc1ccccc1[C@H](NC(=O)NC1CCC(CO)CC1)C1CC1. The van der Waals surface area contributed by atoms with Gasteiger partial charge in [-0.15, -0.1) is 0 Å². The van der Waals surface area contributed by atoms with Crippen LogP contribution in [0.25, 0.3) is 0 Å². The van der Waals surface area contributed by atoms with Gasteiger partial charge in [0.25, 0.3) is 0 Å².